The van der Waals surface area contributed by atoms with Crippen molar-refractivity contribution in [2.45, 2.75) is 77.2 Å². The van der Waals surface area contributed by atoms with Crippen molar-refractivity contribution in [1.82, 2.24) is 10.0 Å². The lowest BCUT2D eigenvalue weighted by atomic mass is 9.93. The van der Waals surface area contributed by atoms with Gasteiger partial charge in [-0.25, -0.2) is 17.5 Å². The third-order valence-corrected chi connectivity index (χ3v) is 8.08. The van der Waals surface area contributed by atoms with Gasteiger partial charge >= 0.3 is 0 Å². The van der Waals surface area contributed by atoms with Crippen LogP contribution >= 0.6 is 0 Å². The fourth-order valence-corrected chi connectivity index (χ4v) is 5.54. The third-order valence-electron chi connectivity index (χ3n) is 6.55. The predicted molar refractivity (Wildman–Crippen MR) is 128 cm³/mol. The van der Waals surface area contributed by atoms with Gasteiger partial charge in [-0.3, -0.25) is 4.79 Å². The summed E-state index contributed by atoms with van der Waals surface area (Å²) in [7, 11) is -3.47. The summed E-state index contributed by atoms with van der Waals surface area (Å²) in [5.74, 6) is 0.318. The summed E-state index contributed by atoms with van der Waals surface area (Å²) >= 11 is 0. The minimum Gasteiger partial charge on any atom is -0.491 e. The van der Waals surface area contributed by atoms with E-state index in [1.54, 1.807) is 6.08 Å². The molecule has 1 amide bonds. The highest BCUT2D eigenvalue weighted by Gasteiger charge is 2.47. The Morgan fingerprint density at radius 1 is 1.27 bits per heavy atom. The molecule has 1 atom stereocenters. The number of carbonyl (C=O) groups is 1. The van der Waals surface area contributed by atoms with Crippen molar-refractivity contribution >= 4 is 15.9 Å². The van der Waals surface area contributed by atoms with Gasteiger partial charge in [0.25, 0.3) is 0 Å². The van der Waals surface area contributed by atoms with E-state index < -0.39 is 21.4 Å². The molecule has 3 rings (SSSR count). The quantitative estimate of drug-likeness (QED) is 0.172. The van der Waals surface area contributed by atoms with Crippen molar-refractivity contribution in [3.63, 3.8) is 0 Å². The molecule has 2 N–H and O–H groups in total. The molecule has 0 radical (unpaired) electrons. The first-order valence-corrected chi connectivity index (χ1v) is 13.6. The molecule has 1 heterocycles. The number of piperidine rings is 1. The standard InChI is InChI=1S/C25H37FN2O4S/c1-18(16-23(20(3)26)32-17-21-10-11-21)25(13-14-25)28-33(30,31)15-7-5-4-6-8-22-12-9-19(2)27-24(22)29/h4,6,16,21-22,28H,2,5,7-15,17H2,1,3H3,(H,27,29)/b6-4+,18-16+,23-20-. The summed E-state index contributed by atoms with van der Waals surface area (Å²) in [6, 6.07) is 0. The van der Waals surface area contributed by atoms with Crippen LogP contribution in [0.1, 0.15) is 71.6 Å². The first-order valence-electron chi connectivity index (χ1n) is 11.9. The molecule has 1 unspecified atom stereocenters. The molecule has 1 saturated heterocycles. The first-order chi connectivity index (χ1) is 15.6. The number of hydrogen-bond acceptors (Lipinski definition) is 4. The molecule has 0 spiro atoms. The van der Waals surface area contributed by atoms with Crippen molar-refractivity contribution < 1.29 is 22.3 Å². The average Bonchev–Trinajstić information content (AvgIpc) is 3.65. The second-order valence-electron chi connectivity index (χ2n) is 9.66. The van der Waals surface area contributed by atoms with Gasteiger partial charge in [0.05, 0.1) is 17.9 Å². The molecular weight excluding hydrogens is 443 g/mol. The molecule has 33 heavy (non-hydrogen) atoms. The van der Waals surface area contributed by atoms with Gasteiger partial charge in [-0.15, -0.1) is 0 Å². The third kappa shape index (κ3) is 8.10. The smallest absolute Gasteiger partial charge is 0.227 e. The Balaban J connectivity index is 1.44. The second-order valence-corrected chi connectivity index (χ2v) is 11.5. The lowest BCUT2D eigenvalue weighted by molar-refractivity contribution is -0.125. The van der Waals surface area contributed by atoms with Gasteiger partial charge in [0, 0.05) is 11.6 Å². The molecule has 0 aromatic carbocycles. The normalized spacial score (nSPS) is 24.0. The van der Waals surface area contributed by atoms with E-state index in [1.807, 2.05) is 19.1 Å². The Morgan fingerprint density at radius 3 is 2.61 bits per heavy atom. The van der Waals surface area contributed by atoms with E-state index in [-0.39, 0.29) is 23.3 Å². The fourth-order valence-electron chi connectivity index (χ4n) is 3.93. The minimum absolute atomic E-state index is 0.0136. The Kier molecular flexibility index (Phi) is 8.56. The maximum absolute atomic E-state index is 13.9. The average molecular weight is 481 g/mol. The topological polar surface area (TPSA) is 84.5 Å². The van der Waals surface area contributed by atoms with E-state index in [1.165, 1.54) is 6.92 Å². The lowest BCUT2D eigenvalue weighted by Crippen LogP contribution is -2.39. The number of allylic oxidation sites excluding steroid dienone is 5. The van der Waals surface area contributed by atoms with Crippen LogP contribution in [0.3, 0.4) is 0 Å². The molecule has 0 bridgehead atoms. The van der Waals surface area contributed by atoms with Gasteiger partial charge in [-0.05, 0) is 89.2 Å². The van der Waals surface area contributed by atoms with Gasteiger partial charge in [0.1, 0.15) is 11.6 Å². The SMILES string of the molecule is C=C1CCC(C/C=C/CCCS(=O)(=O)NC2(/C(C)=C/C(OCC3CC3)=C(\C)F)CC2)C(=O)N1. The zero-order valence-electron chi connectivity index (χ0n) is 19.8. The Hall–Kier alpha value is -1.93. The number of ether oxygens (including phenoxy) is 1. The first kappa shape index (κ1) is 25.7. The van der Waals surface area contributed by atoms with Crippen LogP contribution < -0.4 is 10.0 Å². The van der Waals surface area contributed by atoms with Crippen LogP contribution in [0.2, 0.25) is 0 Å². The van der Waals surface area contributed by atoms with E-state index in [0.29, 0.717) is 44.6 Å². The number of halogens is 1. The molecule has 0 aromatic rings. The molecule has 3 aliphatic rings. The van der Waals surface area contributed by atoms with Crippen molar-refractivity contribution in [3.05, 3.63) is 47.7 Å². The van der Waals surface area contributed by atoms with Crippen molar-refractivity contribution in [2.75, 3.05) is 12.4 Å². The summed E-state index contributed by atoms with van der Waals surface area (Å²) in [6.07, 6.45) is 12.6. The summed E-state index contributed by atoms with van der Waals surface area (Å²) in [5, 5.41) is 2.78. The van der Waals surface area contributed by atoms with Crippen LogP contribution in [0, 0.1) is 11.8 Å². The number of rotatable bonds is 13. The number of unbranched alkanes of at least 4 members (excludes halogenated alkanes) is 1. The highest BCUT2D eigenvalue weighted by Crippen LogP contribution is 2.43. The van der Waals surface area contributed by atoms with Gasteiger partial charge in [-0.1, -0.05) is 18.7 Å². The molecule has 2 saturated carbocycles. The van der Waals surface area contributed by atoms with Crippen molar-refractivity contribution in [3.8, 4) is 0 Å². The van der Waals surface area contributed by atoms with Crippen LogP contribution in [0.5, 0.6) is 0 Å². The molecule has 3 fully saturated rings. The predicted octanol–water partition coefficient (Wildman–Crippen LogP) is 4.78. The number of nitrogens with one attached hydrogen (secondary N) is 2. The molecule has 6 nitrogen and oxygen atoms in total. The van der Waals surface area contributed by atoms with Crippen LogP contribution in [0.15, 0.2) is 47.7 Å². The fraction of sp³-hybridized carbons (Fsp3) is 0.640. The second kappa shape index (κ2) is 11.0. The Bertz CT molecular complexity index is 939. The monoisotopic (exact) mass is 480 g/mol. The van der Waals surface area contributed by atoms with Gasteiger partial charge in [-0.2, -0.15) is 0 Å². The summed E-state index contributed by atoms with van der Waals surface area (Å²) in [5.41, 5.74) is 0.924. The summed E-state index contributed by atoms with van der Waals surface area (Å²) in [4.78, 5) is 11.9. The van der Waals surface area contributed by atoms with E-state index >= 15 is 0 Å². The number of hydrogen-bond donors (Lipinski definition) is 2. The van der Waals surface area contributed by atoms with Crippen molar-refractivity contribution in [2.24, 2.45) is 11.8 Å². The molecule has 1 aliphatic heterocycles. The number of amides is 1. The molecule has 0 aromatic heterocycles. The molecule has 2 aliphatic carbocycles. The molecule has 8 heteroatoms. The van der Waals surface area contributed by atoms with Gasteiger partial charge < -0.3 is 10.1 Å². The largest absolute Gasteiger partial charge is 0.491 e. The summed E-state index contributed by atoms with van der Waals surface area (Å²) in [6.45, 7) is 7.48. The van der Waals surface area contributed by atoms with E-state index in [0.717, 1.165) is 37.0 Å². The maximum Gasteiger partial charge on any atom is 0.227 e. The highest BCUT2D eigenvalue weighted by atomic mass is 32.2. The maximum atomic E-state index is 13.9. The zero-order valence-corrected chi connectivity index (χ0v) is 20.6. The Morgan fingerprint density at radius 2 is 2.00 bits per heavy atom. The minimum atomic E-state index is -3.47. The number of carbonyl (C=O) groups excluding carboxylic acids is 1. The van der Waals surface area contributed by atoms with Crippen LogP contribution in [0.4, 0.5) is 4.39 Å². The zero-order chi connectivity index (χ0) is 24.1. The van der Waals surface area contributed by atoms with Crippen LogP contribution in [-0.2, 0) is 19.6 Å². The van der Waals surface area contributed by atoms with Crippen LogP contribution in [-0.4, -0.2) is 32.2 Å². The van der Waals surface area contributed by atoms with E-state index in [2.05, 4.69) is 16.6 Å². The van der Waals surface area contributed by atoms with Crippen molar-refractivity contribution in [1.29, 1.82) is 0 Å². The lowest BCUT2D eigenvalue weighted by Gasteiger charge is -2.22. The molecule has 184 valence electrons. The summed E-state index contributed by atoms with van der Waals surface area (Å²) < 4.78 is 47.7. The number of sulfonamides is 1. The van der Waals surface area contributed by atoms with E-state index in [4.69, 9.17) is 4.74 Å². The van der Waals surface area contributed by atoms with Crippen LogP contribution in [0.25, 0.3) is 0 Å². The Labute approximate surface area is 197 Å². The van der Waals surface area contributed by atoms with Gasteiger partial charge in [0.2, 0.25) is 15.9 Å². The molecular formula is C25H37FN2O4S. The highest BCUT2D eigenvalue weighted by molar-refractivity contribution is 7.89. The van der Waals surface area contributed by atoms with Gasteiger partial charge in [0.15, 0.2) is 0 Å². The van der Waals surface area contributed by atoms with E-state index in [9.17, 15) is 17.6 Å².